The normalized spacial score (nSPS) is 13.7. The number of hydrogen-bond acceptors (Lipinski definition) is 2. The molecule has 1 unspecified atom stereocenters. The van der Waals surface area contributed by atoms with Crippen molar-refractivity contribution in [2.45, 2.75) is 18.8 Å². The molecule has 0 bridgehead atoms. The highest BCUT2D eigenvalue weighted by atomic mass is 19.1. The highest BCUT2D eigenvalue weighted by Crippen LogP contribution is 2.28. The molecular formula is C11H9FN2. The highest BCUT2D eigenvalue weighted by molar-refractivity contribution is 5.33. The zero-order valence-corrected chi connectivity index (χ0v) is 7.79. The average Bonchev–Trinajstić information content (AvgIpc) is 2.18. The van der Waals surface area contributed by atoms with Gasteiger partial charge in [-0.15, -0.1) is 0 Å². The van der Waals surface area contributed by atoms with Crippen molar-refractivity contribution in [3.63, 3.8) is 0 Å². The fraction of sp³-hybridized carbons (Fsp3) is 0.273. The zero-order valence-electron chi connectivity index (χ0n) is 7.79. The van der Waals surface area contributed by atoms with Crippen LogP contribution in [0.4, 0.5) is 4.39 Å². The van der Waals surface area contributed by atoms with E-state index in [4.69, 9.17) is 10.5 Å². The number of rotatable bonds is 2. The molecule has 0 N–H and O–H groups in total. The molecule has 0 heterocycles. The molecule has 0 spiro atoms. The van der Waals surface area contributed by atoms with Gasteiger partial charge in [0.1, 0.15) is 5.82 Å². The van der Waals surface area contributed by atoms with Crippen LogP contribution in [0.5, 0.6) is 0 Å². The van der Waals surface area contributed by atoms with Gasteiger partial charge in [0.2, 0.25) is 0 Å². The molecule has 1 aromatic rings. The Kier molecular flexibility index (Phi) is 2.84. The summed E-state index contributed by atoms with van der Waals surface area (Å²) in [5.74, 6) is -0.438. The monoisotopic (exact) mass is 188 g/mol. The summed E-state index contributed by atoms with van der Waals surface area (Å²) in [6, 6.07) is 9.92. The quantitative estimate of drug-likeness (QED) is 0.715. The van der Waals surface area contributed by atoms with Crippen LogP contribution in [0.15, 0.2) is 24.3 Å². The van der Waals surface area contributed by atoms with Crippen molar-refractivity contribution in [1.29, 1.82) is 10.5 Å². The first-order chi connectivity index (χ1) is 6.64. The van der Waals surface area contributed by atoms with Crippen LogP contribution in [0.2, 0.25) is 0 Å². The van der Waals surface area contributed by atoms with Crippen LogP contribution in [0.3, 0.4) is 0 Å². The summed E-state index contributed by atoms with van der Waals surface area (Å²) >= 11 is 0. The fourth-order valence-electron chi connectivity index (χ4n) is 1.26. The summed E-state index contributed by atoms with van der Waals surface area (Å²) in [5.41, 5.74) is -0.774. The van der Waals surface area contributed by atoms with Crippen LogP contribution in [0.1, 0.15) is 18.9 Å². The molecule has 70 valence electrons. The first kappa shape index (κ1) is 10.2. The summed E-state index contributed by atoms with van der Waals surface area (Å²) in [6.45, 7) is 1.56. The maximum absolute atomic E-state index is 13.3. The van der Waals surface area contributed by atoms with Crippen LogP contribution in [-0.2, 0) is 5.41 Å². The van der Waals surface area contributed by atoms with E-state index in [0.717, 1.165) is 0 Å². The van der Waals surface area contributed by atoms with E-state index < -0.39 is 11.2 Å². The predicted molar refractivity (Wildman–Crippen MR) is 49.6 cm³/mol. The van der Waals surface area contributed by atoms with Gasteiger partial charge in [0, 0.05) is 5.56 Å². The van der Waals surface area contributed by atoms with Crippen molar-refractivity contribution in [2.75, 3.05) is 0 Å². The minimum Gasteiger partial charge on any atom is -0.207 e. The molecule has 0 aromatic heterocycles. The van der Waals surface area contributed by atoms with Crippen LogP contribution in [0, 0.1) is 28.5 Å². The van der Waals surface area contributed by atoms with E-state index in [9.17, 15) is 4.39 Å². The maximum atomic E-state index is 13.3. The Labute approximate surface area is 82.2 Å². The van der Waals surface area contributed by atoms with Crippen LogP contribution >= 0.6 is 0 Å². The van der Waals surface area contributed by atoms with E-state index in [1.165, 1.54) is 12.1 Å². The number of nitriles is 2. The summed E-state index contributed by atoms with van der Waals surface area (Å²) in [6.07, 6.45) is -0.00949. The van der Waals surface area contributed by atoms with E-state index in [2.05, 4.69) is 0 Å². The maximum Gasteiger partial charge on any atom is 0.128 e. The van der Waals surface area contributed by atoms with Crippen molar-refractivity contribution in [2.24, 2.45) is 0 Å². The minimum atomic E-state index is -1.06. The molecule has 1 aromatic carbocycles. The first-order valence-corrected chi connectivity index (χ1v) is 4.17. The molecule has 2 nitrogen and oxygen atoms in total. The van der Waals surface area contributed by atoms with Crippen LogP contribution in [-0.4, -0.2) is 0 Å². The third kappa shape index (κ3) is 1.72. The minimum absolute atomic E-state index is 0.00949. The first-order valence-electron chi connectivity index (χ1n) is 4.17. The van der Waals surface area contributed by atoms with Crippen molar-refractivity contribution < 1.29 is 4.39 Å². The summed E-state index contributed by atoms with van der Waals surface area (Å²) < 4.78 is 13.3. The van der Waals surface area contributed by atoms with E-state index in [1.807, 2.05) is 12.1 Å². The molecule has 0 radical (unpaired) electrons. The Morgan fingerprint density at radius 1 is 1.36 bits per heavy atom. The molecule has 0 saturated heterocycles. The topological polar surface area (TPSA) is 47.6 Å². The molecule has 1 atom stereocenters. The average molecular weight is 188 g/mol. The van der Waals surface area contributed by atoms with E-state index in [-0.39, 0.29) is 12.0 Å². The van der Waals surface area contributed by atoms with Crippen molar-refractivity contribution >= 4 is 0 Å². The van der Waals surface area contributed by atoms with Gasteiger partial charge >= 0.3 is 0 Å². The second kappa shape index (κ2) is 3.89. The van der Waals surface area contributed by atoms with E-state index in [0.29, 0.717) is 0 Å². The summed E-state index contributed by atoms with van der Waals surface area (Å²) in [4.78, 5) is 0. The Bertz CT molecular complexity index is 414. The lowest BCUT2D eigenvalue weighted by Gasteiger charge is -2.18. The van der Waals surface area contributed by atoms with Crippen molar-refractivity contribution in [1.82, 2.24) is 0 Å². The lowest BCUT2D eigenvalue weighted by molar-refractivity contribution is 0.544. The van der Waals surface area contributed by atoms with Crippen LogP contribution in [0.25, 0.3) is 0 Å². The van der Waals surface area contributed by atoms with Gasteiger partial charge in [-0.05, 0) is 13.0 Å². The number of nitrogens with zero attached hydrogens (tertiary/aromatic N) is 2. The molecule has 0 saturated carbocycles. The molecule has 3 heteroatoms. The highest BCUT2D eigenvalue weighted by Gasteiger charge is 2.28. The molecular weight excluding hydrogens is 179 g/mol. The molecule has 0 aliphatic carbocycles. The van der Waals surface area contributed by atoms with Gasteiger partial charge in [0.15, 0.2) is 0 Å². The second-order valence-corrected chi connectivity index (χ2v) is 3.26. The zero-order chi connectivity index (χ0) is 10.6. The Hall–Kier alpha value is -1.87. The second-order valence-electron chi connectivity index (χ2n) is 3.26. The van der Waals surface area contributed by atoms with Crippen LogP contribution < -0.4 is 0 Å². The molecule has 0 amide bonds. The fourth-order valence-corrected chi connectivity index (χ4v) is 1.26. The van der Waals surface area contributed by atoms with Crippen molar-refractivity contribution in [3.05, 3.63) is 35.6 Å². The molecule has 14 heavy (non-hydrogen) atoms. The number of benzene rings is 1. The molecule has 0 fully saturated rings. The standard InChI is InChI=1S/C11H9FN2/c1-11(8-14,6-7-13)9-4-2-3-5-10(9)12/h2-5H,6H2,1H3. The Balaban J connectivity index is 3.22. The van der Waals surface area contributed by atoms with Gasteiger partial charge < -0.3 is 0 Å². The molecule has 0 aliphatic heterocycles. The van der Waals surface area contributed by atoms with Crippen molar-refractivity contribution in [3.8, 4) is 12.1 Å². The largest absolute Gasteiger partial charge is 0.207 e. The van der Waals surface area contributed by atoms with Gasteiger partial charge in [0.25, 0.3) is 0 Å². The lowest BCUT2D eigenvalue weighted by Crippen LogP contribution is -2.20. The van der Waals surface area contributed by atoms with Gasteiger partial charge in [-0.1, -0.05) is 18.2 Å². The summed E-state index contributed by atoms with van der Waals surface area (Å²) in [5, 5.41) is 17.5. The third-order valence-corrected chi connectivity index (χ3v) is 2.15. The van der Waals surface area contributed by atoms with Gasteiger partial charge in [-0.3, -0.25) is 0 Å². The smallest absolute Gasteiger partial charge is 0.128 e. The van der Waals surface area contributed by atoms with Gasteiger partial charge in [0.05, 0.1) is 24.0 Å². The van der Waals surface area contributed by atoms with Gasteiger partial charge in [-0.25, -0.2) is 4.39 Å². The number of halogens is 1. The van der Waals surface area contributed by atoms with E-state index >= 15 is 0 Å². The third-order valence-electron chi connectivity index (χ3n) is 2.15. The SMILES string of the molecule is CC(C#N)(CC#N)c1ccccc1F. The lowest BCUT2D eigenvalue weighted by atomic mass is 9.81. The van der Waals surface area contributed by atoms with E-state index in [1.54, 1.807) is 19.1 Å². The molecule has 0 aliphatic rings. The number of hydrogen-bond donors (Lipinski definition) is 0. The Morgan fingerprint density at radius 3 is 2.50 bits per heavy atom. The molecule has 1 rings (SSSR count). The predicted octanol–water partition coefficient (Wildman–Crippen LogP) is 2.52. The summed E-state index contributed by atoms with van der Waals surface area (Å²) in [7, 11) is 0. The van der Waals surface area contributed by atoms with Gasteiger partial charge in [-0.2, -0.15) is 10.5 Å². The Morgan fingerprint density at radius 2 is 2.00 bits per heavy atom.